The Morgan fingerprint density at radius 2 is 1.83 bits per heavy atom. The molecule has 1 amide bonds. The predicted octanol–water partition coefficient (Wildman–Crippen LogP) is 5.89. The molecule has 0 saturated carbocycles. The molecule has 0 unspecified atom stereocenters. The second kappa shape index (κ2) is 8.57. The highest BCUT2D eigenvalue weighted by Gasteiger charge is 2.51. The summed E-state index contributed by atoms with van der Waals surface area (Å²) in [5.41, 5.74) is -4.65. The fourth-order valence-corrected chi connectivity index (χ4v) is 4.73. The number of benzene rings is 1. The minimum atomic E-state index is -4.87. The van der Waals surface area contributed by atoms with E-state index >= 15 is 4.39 Å². The Kier molecular flexibility index (Phi) is 6.09. The molecular weight excluding hydrogens is 527 g/mol. The molecule has 1 fully saturated rings. The van der Waals surface area contributed by atoms with Crippen molar-refractivity contribution < 1.29 is 31.1 Å². The van der Waals surface area contributed by atoms with Crippen LogP contribution in [0.3, 0.4) is 0 Å². The van der Waals surface area contributed by atoms with E-state index in [1.54, 1.807) is 0 Å². The molecule has 186 valence electrons. The molecule has 1 aliphatic heterocycles. The molecule has 3 aromatic rings. The van der Waals surface area contributed by atoms with Gasteiger partial charge in [-0.2, -0.15) is 18.4 Å². The summed E-state index contributed by atoms with van der Waals surface area (Å²) < 4.78 is 82.9. The number of nitriles is 1. The van der Waals surface area contributed by atoms with E-state index in [9.17, 15) is 26.7 Å². The Morgan fingerprint density at radius 1 is 1.17 bits per heavy atom. The number of aromatic nitrogens is 2. The SMILES string of the molecule is CC1(C)C(=O)N(c2ccc(C#N)c(C(F)(F)F)c2)C(=S)N1c1cc(F)c2nc(C(F)F)cc(=P)n2c1. The van der Waals surface area contributed by atoms with E-state index in [0.29, 0.717) is 6.07 Å². The fourth-order valence-electron chi connectivity index (χ4n) is 3.89. The van der Waals surface area contributed by atoms with Gasteiger partial charge in [0.15, 0.2) is 16.6 Å². The molecule has 3 heterocycles. The van der Waals surface area contributed by atoms with E-state index in [0.717, 1.165) is 33.6 Å². The van der Waals surface area contributed by atoms with Crippen molar-refractivity contribution in [3.63, 3.8) is 0 Å². The van der Waals surface area contributed by atoms with E-state index in [1.165, 1.54) is 31.0 Å². The number of carbonyl (C=O) groups is 1. The molecule has 0 N–H and O–H groups in total. The van der Waals surface area contributed by atoms with Crippen LogP contribution in [0.15, 0.2) is 36.5 Å². The van der Waals surface area contributed by atoms with Crippen LogP contribution in [0.25, 0.3) is 5.65 Å². The van der Waals surface area contributed by atoms with E-state index < -0.39 is 52.3 Å². The van der Waals surface area contributed by atoms with E-state index in [2.05, 4.69) is 13.8 Å². The number of alkyl halides is 5. The number of rotatable bonds is 3. The molecule has 1 aromatic carbocycles. The third kappa shape index (κ3) is 4.00. The van der Waals surface area contributed by atoms with Gasteiger partial charge in [-0.3, -0.25) is 14.1 Å². The standard InChI is InChI=1S/C22H14F6N5OPS/c1-21(2)19(34)32(11-4-3-10(8-29)13(5-11)22(26,27)28)20(36)33(21)12-6-14(23)18-30-15(17(24)25)7-16(35)31(18)9-12/h3-7,9,17,35H,1-2H3. The Balaban J connectivity index is 1.86. The highest BCUT2D eigenvalue weighted by Crippen LogP contribution is 2.40. The quantitative estimate of drug-likeness (QED) is 0.235. The third-order valence-corrected chi connectivity index (χ3v) is 6.34. The lowest BCUT2D eigenvalue weighted by Crippen LogP contribution is -2.44. The molecule has 1 saturated heterocycles. The second-order valence-corrected chi connectivity index (χ2v) is 9.14. The molecule has 1 aliphatic rings. The maximum Gasteiger partial charge on any atom is 0.417 e. The highest BCUT2D eigenvalue weighted by molar-refractivity contribution is 7.81. The second-order valence-electron chi connectivity index (χ2n) is 8.26. The average molecular weight is 541 g/mol. The highest BCUT2D eigenvalue weighted by atomic mass is 32.1. The van der Waals surface area contributed by atoms with Gasteiger partial charge in [-0.05, 0) is 50.3 Å². The summed E-state index contributed by atoms with van der Waals surface area (Å²) in [6.45, 7) is 2.88. The lowest BCUT2D eigenvalue weighted by Gasteiger charge is -2.29. The van der Waals surface area contributed by atoms with Crippen molar-refractivity contribution in [1.82, 2.24) is 9.38 Å². The summed E-state index contributed by atoms with van der Waals surface area (Å²) in [7, 11) is 3.16. The van der Waals surface area contributed by atoms with Crippen LogP contribution >= 0.6 is 21.1 Å². The van der Waals surface area contributed by atoms with Crippen LogP contribution in [-0.2, 0) is 11.0 Å². The monoisotopic (exact) mass is 541 g/mol. The van der Waals surface area contributed by atoms with Crippen LogP contribution < -0.4 is 9.80 Å². The summed E-state index contributed by atoms with van der Waals surface area (Å²) in [5, 5.41) is 8.82. The number of amides is 1. The minimum absolute atomic E-state index is 0.0200. The molecule has 2 aromatic heterocycles. The van der Waals surface area contributed by atoms with Crippen molar-refractivity contribution in [3.05, 3.63) is 64.2 Å². The summed E-state index contributed by atoms with van der Waals surface area (Å²) in [6, 6.07) is 6.12. The zero-order chi connectivity index (χ0) is 26.7. The zero-order valence-electron chi connectivity index (χ0n) is 18.4. The first-order valence-corrected chi connectivity index (χ1v) is 10.9. The molecule has 14 heteroatoms. The van der Waals surface area contributed by atoms with Gasteiger partial charge in [-0.1, -0.05) is 8.86 Å². The van der Waals surface area contributed by atoms with Crippen molar-refractivity contribution in [1.29, 1.82) is 5.26 Å². The molecule has 4 rings (SSSR count). The zero-order valence-corrected chi connectivity index (χ0v) is 20.2. The molecule has 0 atom stereocenters. The van der Waals surface area contributed by atoms with Crippen molar-refractivity contribution in [2.24, 2.45) is 0 Å². The number of carbonyl (C=O) groups excluding carboxylic acids is 1. The molecular formula is C22H14F6N5OPS. The van der Waals surface area contributed by atoms with Gasteiger partial charge in [-0.25, -0.2) is 18.2 Å². The maximum atomic E-state index is 15.0. The summed E-state index contributed by atoms with van der Waals surface area (Å²) >= 11 is 5.43. The Morgan fingerprint density at radius 3 is 2.42 bits per heavy atom. The topological polar surface area (TPSA) is 64.6 Å². The molecule has 36 heavy (non-hydrogen) atoms. The number of thiocarbonyl (C=S) groups is 1. The molecule has 6 nitrogen and oxygen atoms in total. The summed E-state index contributed by atoms with van der Waals surface area (Å²) in [6.07, 6.45) is -6.52. The molecule has 0 spiro atoms. The van der Waals surface area contributed by atoms with Gasteiger partial charge < -0.3 is 4.90 Å². The number of pyridine rings is 1. The summed E-state index contributed by atoms with van der Waals surface area (Å²) in [4.78, 5) is 19.0. The van der Waals surface area contributed by atoms with Crippen molar-refractivity contribution in [2.45, 2.75) is 32.0 Å². The number of fused-ring (bicyclic) bond motifs is 1. The predicted molar refractivity (Wildman–Crippen MR) is 124 cm³/mol. The van der Waals surface area contributed by atoms with E-state index in [1.807, 2.05) is 0 Å². The van der Waals surface area contributed by atoms with Crippen LogP contribution in [0.4, 0.5) is 37.7 Å². The summed E-state index contributed by atoms with van der Waals surface area (Å²) in [5.74, 6) is -1.71. The molecule has 0 aliphatic carbocycles. The number of hydrogen-bond donors (Lipinski definition) is 0. The van der Waals surface area contributed by atoms with Crippen LogP contribution in [0.5, 0.6) is 0 Å². The van der Waals surface area contributed by atoms with E-state index in [-0.39, 0.29) is 21.6 Å². The first kappa shape index (κ1) is 25.6. The first-order chi connectivity index (χ1) is 16.7. The van der Waals surface area contributed by atoms with E-state index in [4.69, 9.17) is 17.5 Å². The normalized spacial score (nSPS) is 15.8. The van der Waals surface area contributed by atoms with Gasteiger partial charge in [0.2, 0.25) is 0 Å². The number of anilines is 2. The van der Waals surface area contributed by atoms with Crippen LogP contribution in [0.1, 0.15) is 37.1 Å². The fraction of sp³-hybridized carbons (Fsp3) is 0.227. The van der Waals surface area contributed by atoms with Crippen LogP contribution in [-0.4, -0.2) is 25.9 Å². The Hall–Kier alpha value is -3.49. The average Bonchev–Trinajstić information content (AvgIpc) is 2.96. The van der Waals surface area contributed by atoms with Crippen LogP contribution in [0.2, 0.25) is 0 Å². The minimum Gasteiger partial charge on any atom is -0.302 e. The maximum absolute atomic E-state index is 15.0. The Bertz CT molecular complexity index is 1540. The number of nitrogens with zero attached hydrogens (tertiary/aromatic N) is 5. The van der Waals surface area contributed by atoms with Crippen molar-refractivity contribution >= 4 is 49.1 Å². The van der Waals surface area contributed by atoms with Crippen molar-refractivity contribution in [3.8, 4) is 6.07 Å². The first-order valence-electron chi connectivity index (χ1n) is 10.0. The van der Waals surface area contributed by atoms with Gasteiger partial charge >= 0.3 is 6.18 Å². The number of hydrogen-bond acceptors (Lipinski definition) is 4. The van der Waals surface area contributed by atoms with Gasteiger partial charge in [0, 0.05) is 12.3 Å². The third-order valence-electron chi connectivity index (χ3n) is 5.59. The van der Waals surface area contributed by atoms with Gasteiger partial charge in [-0.15, -0.1) is 0 Å². The number of halogens is 6. The molecule has 0 bridgehead atoms. The molecule has 0 radical (unpaired) electrons. The van der Waals surface area contributed by atoms with Crippen LogP contribution in [0, 0.1) is 22.2 Å². The largest absolute Gasteiger partial charge is 0.417 e. The van der Waals surface area contributed by atoms with Crippen molar-refractivity contribution in [2.75, 3.05) is 9.80 Å². The smallest absolute Gasteiger partial charge is 0.302 e. The van der Waals surface area contributed by atoms with Gasteiger partial charge in [0.05, 0.1) is 33.6 Å². The lowest BCUT2D eigenvalue weighted by atomic mass is 10.0. The van der Waals surface area contributed by atoms with Gasteiger partial charge in [0.25, 0.3) is 12.3 Å². The lowest BCUT2D eigenvalue weighted by molar-refractivity contribution is -0.137. The Labute approximate surface area is 207 Å². The van der Waals surface area contributed by atoms with Gasteiger partial charge in [0.1, 0.15) is 11.2 Å².